The van der Waals surface area contributed by atoms with Crippen molar-refractivity contribution in [2.45, 2.75) is 12.8 Å². The fourth-order valence-corrected chi connectivity index (χ4v) is 3.27. The molecule has 1 atom stereocenters. The maximum atomic E-state index is 12.6. The molecule has 1 amide bonds. The molecule has 1 unspecified atom stereocenters. The lowest BCUT2D eigenvalue weighted by Gasteiger charge is -2.30. The maximum absolute atomic E-state index is 12.6. The zero-order valence-electron chi connectivity index (χ0n) is 12.2. The van der Waals surface area contributed by atoms with Gasteiger partial charge in [0, 0.05) is 22.9 Å². The predicted molar refractivity (Wildman–Crippen MR) is 84.6 cm³/mol. The number of nitrogens with zero attached hydrogens (tertiary/aromatic N) is 1. The summed E-state index contributed by atoms with van der Waals surface area (Å²) in [5, 5.41) is 0.868. The molecule has 2 heterocycles. The molecule has 5 nitrogen and oxygen atoms in total. The first-order chi connectivity index (χ1) is 10.6. The topological polar surface area (TPSA) is 59.8 Å². The number of amides is 1. The minimum Gasteiger partial charge on any atom is -0.469 e. The molecule has 116 valence electrons. The van der Waals surface area contributed by atoms with Gasteiger partial charge in [-0.15, -0.1) is 0 Å². The third kappa shape index (κ3) is 2.75. The van der Waals surface area contributed by atoms with E-state index in [9.17, 15) is 9.59 Å². The highest BCUT2D eigenvalue weighted by Gasteiger charge is 2.30. The Hall–Kier alpha value is -1.82. The van der Waals surface area contributed by atoms with Crippen molar-refractivity contribution < 1.29 is 18.7 Å². The molecule has 1 fully saturated rings. The Kier molecular flexibility index (Phi) is 4.20. The van der Waals surface area contributed by atoms with E-state index in [0.29, 0.717) is 24.4 Å². The Labute approximate surface area is 136 Å². The average Bonchev–Trinajstić information content (AvgIpc) is 2.99. The lowest BCUT2D eigenvalue weighted by molar-refractivity contribution is -0.146. The molecule has 0 radical (unpaired) electrons. The molecular weight excluding hydrogens is 350 g/mol. The van der Waals surface area contributed by atoms with Crippen LogP contribution < -0.4 is 0 Å². The van der Waals surface area contributed by atoms with Crippen LogP contribution >= 0.6 is 15.9 Å². The van der Waals surface area contributed by atoms with Crippen molar-refractivity contribution in [1.82, 2.24) is 4.90 Å². The maximum Gasteiger partial charge on any atom is 0.310 e. The number of carbonyl (C=O) groups is 2. The summed E-state index contributed by atoms with van der Waals surface area (Å²) < 4.78 is 11.3. The zero-order valence-corrected chi connectivity index (χ0v) is 13.8. The number of hydrogen-bond acceptors (Lipinski definition) is 4. The van der Waals surface area contributed by atoms with E-state index in [4.69, 9.17) is 9.15 Å². The van der Waals surface area contributed by atoms with Crippen LogP contribution in [-0.4, -0.2) is 37.0 Å². The van der Waals surface area contributed by atoms with E-state index >= 15 is 0 Å². The predicted octanol–water partition coefficient (Wildman–Crippen LogP) is 3.22. The number of carbonyl (C=O) groups excluding carboxylic acids is 2. The third-order valence-electron chi connectivity index (χ3n) is 3.96. The van der Waals surface area contributed by atoms with Crippen molar-refractivity contribution in [1.29, 1.82) is 0 Å². The fraction of sp³-hybridized carbons (Fsp3) is 0.375. The van der Waals surface area contributed by atoms with Crippen LogP contribution in [0.5, 0.6) is 0 Å². The summed E-state index contributed by atoms with van der Waals surface area (Å²) >= 11 is 3.45. The molecular formula is C16H16BrNO4. The Morgan fingerprint density at radius 3 is 2.95 bits per heavy atom. The van der Waals surface area contributed by atoms with Crippen LogP contribution in [0.4, 0.5) is 0 Å². The highest BCUT2D eigenvalue weighted by molar-refractivity contribution is 9.10. The summed E-state index contributed by atoms with van der Waals surface area (Å²) in [5.41, 5.74) is 0.666. The van der Waals surface area contributed by atoms with E-state index in [1.165, 1.54) is 7.11 Å². The van der Waals surface area contributed by atoms with Gasteiger partial charge < -0.3 is 14.1 Å². The number of fused-ring (bicyclic) bond motifs is 1. The van der Waals surface area contributed by atoms with Gasteiger partial charge in [0.15, 0.2) is 5.76 Å². The van der Waals surface area contributed by atoms with Crippen molar-refractivity contribution in [2.75, 3.05) is 20.2 Å². The first-order valence-corrected chi connectivity index (χ1v) is 7.94. The molecule has 0 aliphatic carbocycles. The summed E-state index contributed by atoms with van der Waals surface area (Å²) in [4.78, 5) is 25.9. The monoisotopic (exact) mass is 365 g/mol. The number of hydrogen-bond donors (Lipinski definition) is 0. The van der Waals surface area contributed by atoms with E-state index in [-0.39, 0.29) is 17.8 Å². The first kappa shape index (κ1) is 15.1. The molecule has 0 saturated carbocycles. The zero-order chi connectivity index (χ0) is 15.7. The second-order valence-electron chi connectivity index (χ2n) is 5.38. The van der Waals surface area contributed by atoms with Gasteiger partial charge in [-0.1, -0.05) is 22.0 Å². The van der Waals surface area contributed by atoms with E-state index in [1.54, 1.807) is 11.0 Å². The molecule has 1 aromatic carbocycles. The van der Waals surface area contributed by atoms with E-state index in [0.717, 1.165) is 22.7 Å². The highest BCUT2D eigenvalue weighted by Crippen LogP contribution is 2.28. The van der Waals surface area contributed by atoms with Crippen molar-refractivity contribution in [3.8, 4) is 0 Å². The average molecular weight is 366 g/mol. The standard InChI is InChI=1S/C16H16BrNO4/c1-21-16(20)10-4-3-7-18(9-10)15(19)14-8-11-12(17)5-2-6-13(11)22-14/h2,5-6,8,10H,3-4,7,9H2,1H3. The number of likely N-dealkylation sites (tertiary alicyclic amines) is 1. The van der Waals surface area contributed by atoms with Crippen LogP contribution in [0.2, 0.25) is 0 Å². The quantitative estimate of drug-likeness (QED) is 0.766. The van der Waals surface area contributed by atoms with Gasteiger partial charge in [0.1, 0.15) is 5.58 Å². The number of benzene rings is 1. The second kappa shape index (κ2) is 6.12. The number of halogens is 1. The SMILES string of the molecule is COC(=O)C1CCCN(C(=O)c2cc3c(Br)cccc3o2)C1. The summed E-state index contributed by atoms with van der Waals surface area (Å²) in [6, 6.07) is 7.33. The first-order valence-electron chi connectivity index (χ1n) is 7.15. The molecule has 0 N–H and O–H groups in total. The van der Waals surface area contributed by atoms with Crippen LogP contribution in [0.3, 0.4) is 0 Å². The molecule has 1 aliphatic heterocycles. The summed E-state index contributed by atoms with van der Waals surface area (Å²) in [6.45, 7) is 1.01. The molecule has 1 aromatic heterocycles. The van der Waals surface area contributed by atoms with E-state index in [1.807, 2.05) is 18.2 Å². The third-order valence-corrected chi connectivity index (χ3v) is 4.65. The van der Waals surface area contributed by atoms with Gasteiger partial charge in [-0.05, 0) is 31.0 Å². The van der Waals surface area contributed by atoms with Gasteiger partial charge >= 0.3 is 5.97 Å². The number of rotatable bonds is 2. The van der Waals surface area contributed by atoms with Gasteiger partial charge in [-0.2, -0.15) is 0 Å². The molecule has 22 heavy (non-hydrogen) atoms. The molecule has 3 rings (SSSR count). The lowest BCUT2D eigenvalue weighted by Crippen LogP contribution is -2.42. The highest BCUT2D eigenvalue weighted by atomic mass is 79.9. The van der Waals surface area contributed by atoms with Crippen LogP contribution in [0.1, 0.15) is 23.4 Å². The number of furan rings is 1. The van der Waals surface area contributed by atoms with Gasteiger partial charge in [-0.25, -0.2) is 0 Å². The van der Waals surface area contributed by atoms with Crippen molar-refractivity contribution in [3.63, 3.8) is 0 Å². The molecule has 0 bridgehead atoms. The Morgan fingerprint density at radius 1 is 1.41 bits per heavy atom. The number of methoxy groups -OCH3 is 1. The normalized spacial score (nSPS) is 18.5. The van der Waals surface area contributed by atoms with Gasteiger partial charge in [-0.3, -0.25) is 9.59 Å². The number of esters is 1. The molecule has 1 aliphatic rings. The van der Waals surface area contributed by atoms with Crippen molar-refractivity contribution in [2.24, 2.45) is 5.92 Å². The largest absolute Gasteiger partial charge is 0.469 e. The minimum absolute atomic E-state index is 0.184. The second-order valence-corrected chi connectivity index (χ2v) is 6.23. The molecule has 2 aromatic rings. The van der Waals surface area contributed by atoms with Crippen molar-refractivity contribution >= 4 is 38.8 Å². The smallest absolute Gasteiger partial charge is 0.310 e. The summed E-state index contributed by atoms with van der Waals surface area (Å²) in [7, 11) is 1.37. The van der Waals surface area contributed by atoms with Gasteiger partial charge in [0.05, 0.1) is 13.0 Å². The Bertz CT molecular complexity index is 724. The van der Waals surface area contributed by atoms with Gasteiger partial charge in [0.25, 0.3) is 5.91 Å². The van der Waals surface area contributed by atoms with Crippen LogP contribution in [-0.2, 0) is 9.53 Å². The lowest BCUT2D eigenvalue weighted by atomic mass is 9.98. The Morgan fingerprint density at radius 2 is 2.23 bits per heavy atom. The van der Waals surface area contributed by atoms with Crippen LogP contribution in [0, 0.1) is 5.92 Å². The van der Waals surface area contributed by atoms with E-state index < -0.39 is 0 Å². The molecule has 1 saturated heterocycles. The fourth-order valence-electron chi connectivity index (χ4n) is 2.81. The van der Waals surface area contributed by atoms with Crippen LogP contribution in [0.15, 0.2) is 33.2 Å². The summed E-state index contributed by atoms with van der Waals surface area (Å²) in [6.07, 6.45) is 1.54. The van der Waals surface area contributed by atoms with Crippen molar-refractivity contribution in [3.05, 3.63) is 34.5 Å². The van der Waals surface area contributed by atoms with Crippen LogP contribution in [0.25, 0.3) is 11.0 Å². The number of piperidine rings is 1. The Balaban J connectivity index is 1.83. The van der Waals surface area contributed by atoms with Gasteiger partial charge in [0.2, 0.25) is 0 Å². The summed E-state index contributed by atoms with van der Waals surface area (Å²) in [5.74, 6) is -0.396. The molecule has 6 heteroatoms. The molecule has 0 spiro atoms. The minimum atomic E-state index is -0.259. The number of ether oxygens (including phenoxy) is 1. The van der Waals surface area contributed by atoms with E-state index in [2.05, 4.69) is 15.9 Å².